The first-order chi connectivity index (χ1) is 17.9. The first-order valence-corrected chi connectivity index (χ1v) is 12.7. The van der Waals surface area contributed by atoms with Gasteiger partial charge in [-0.3, -0.25) is 24.5 Å². The number of benzene rings is 2. The first-order valence-electron chi connectivity index (χ1n) is 12.7. The van der Waals surface area contributed by atoms with Crippen molar-refractivity contribution < 1.29 is 19.2 Å². The normalized spacial score (nSPS) is 13.8. The number of carbonyl (C=O) groups is 4. The predicted octanol–water partition coefficient (Wildman–Crippen LogP) is 3.62. The van der Waals surface area contributed by atoms with E-state index in [9.17, 15) is 19.2 Å². The van der Waals surface area contributed by atoms with Gasteiger partial charge in [-0.1, -0.05) is 59.7 Å². The van der Waals surface area contributed by atoms with Crippen molar-refractivity contribution in [2.24, 2.45) is 33.7 Å². The van der Waals surface area contributed by atoms with Gasteiger partial charge < -0.3 is 16.4 Å². The van der Waals surface area contributed by atoms with Crippen molar-refractivity contribution >= 4 is 35.0 Å². The fourth-order valence-corrected chi connectivity index (χ4v) is 3.42. The van der Waals surface area contributed by atoms with Crippen LogP contribution >= 0.6 is 0 Å². The Morgan fingerprint density at radius 3 is 1.61 bits per heavy atom. The number of nitrogens with two attached hydrogens (primary N) is 1. The summed E-state index contributed by atoms with van der Waals surface area (Å²) < 4.78 is 0. The Labute approximate surface area is 223 Å². The highest BCUT2D eigenvalue weighted by Gasteiger charge is 2.32. The summed E-state index contributed by atoms with van der Waals surface area (Å²) in [5, 5.41) is 16.0. The topological polar surface area (TPSA) is 155 Å². The number of amides is 4. The number of imide groups is 1. The maximum absolute atomic E-state index is 13.0. The number of nitrogens with one attached hydrogen (secondary N) is 3. The number of rotatable bonds is 11. The summed E-state index contributed by atoms with van der Waals surface area (Å²) in [6.45, 7) is 10.7. The van der Waals surface area contributed by atoms with Gasteiger partial charge in [-0.05, 0) is 54.2 Å². The maximum atomic E-state index is 13.0. The molecule has 38 heavy (non-hydrogen) atoms. The fraction of sp³-hybridized carbons (Fsp3) is 0.429. The smallest absolute Gasteiger partial charge is 0.257 e. The van der Waals surface area contributed by atoms with Crippen LogP contribution in [0.5, 0.6) is 0 Å². The number of hydrogen-bond donors (Lipinski definition) is 4. The van der Waals surface area contributed by atoms with Gasteiger partial charge in [-0.15, -0.1) is 0 Å². The molecular formula is C28H38N6O4. The van der Waals surface area contributed by atoms with Gasteiger partial charge in [0.25, 0.3) is 5.91 Å². The van der Waals surface area contributed by atoms with Crippen LogP contribution in [0.4, 0.5) is 11.4 Å². The van der Waals surface area contributed by atoms with E-state index >= 15 is 0 Å². The Morgan fingerprint density at radius 2 is 1.11 bits per heavy atom. The molecule has 2 rings (SSSR count). The zero-order chi connectivity index (χ0) is 28.4. The minimum atomic E-state index is -0.998. The second-order valence-corrected chi connectivity index (χ2v) is 10.1. The standard InChI is InChI=1S/C28H38N6O4/c1-16(2)22(29)26(36)30-23(17(3)4)27(37)31-24(18(5)6)28(38)32-25(35)19-12-14-21(15-13-19)34-33-20-10-8-7-9-11-20/h7-18,22-24H,29H2,1-6H3,(H,30,36)(H,31,37)(H,32,35,38)/t22-,23-,24-/m0/s1. The minimum absolute atomic E-state index is 0.105. The highest BCUT2D eigenvalue weighted by molar-refractivity contribution is 6.07. The van der Waals surface area contributed by atoms with Gasteiger partial charge >= 0.3 is 0 Å². The molecule has 0 bridgehead atoms. The van der Waals surface area contributed by atoms with Gasteiger partial charge in [-0.2, -0.15) is 10.2 Å². The lowest BCUT2D eigenvalue weighted by Crippen LogP contribution is -2.59. The molecule has 4 amide bonds. The molecule has 2 aromatic rings. The van der Waals surface area contributed by atoms with Crippen molar-refractivity contribution in [3.05, 3.63) is 60.2 Å². The fourth-order valence-electron chi connectivity index (χ4n) is 3.42. The van der Waals surface area contributed by atoms with Crippen molar-refractivity contribution in [2.75, 3.05) is 0 Å². The van der Waals surface area contributed by atoms with Gasteiger partial charge in [0.1, 0.15) is 12.1 Å². The molecule has 10 nitrogen and oxygen atoms in total. The van der Waals surface area contributed by atoms with Crippen LogP contribution in [0.3, 0.4) is 0 Å². The van der Waals surface area contributed by atoms with Crippen molar-refractivity contribution in [1.82, 2.24) is 16.0 Å². The van der Waals surface area contributed by atoms with Gasteiger partial charge in [0, 0.05) is 5.56 Å². The Hall–Kier alpha value is -3.92. The van der Waals surface area contributed by atoms with Crippen LogP contribution in [0.2, 0.25) is 0 Å². The van der Waals surface area contributed by atoms with E-state index in [0.717, 1.165) is 0 Å². The molecule has 0 saturated carbocycles. The molecular weight excluding hydrogens is 484 g/mol. The largest absolute Gasteiger partial charge is 0.343 e. The van der Waals surface area contributed by atoms with E-state index in [4.69, 9.17) is 5.73 Å². The van der Waals surface area contributed by atoms with Gasteiger partial charge in [0.15, 0.2) is 0 Å². The molecule has 5 N–H and O–H groups in total. The molecule has 0 spiro atoms. The van der Waals surface area contributed by atoms with Crippen LogP contribution < -0.4 is 21.7 Å². The molecule has 0 aliphatic heterocycles. The predicted molar refractivity (Wildman–Crippen MR) is 146 cm³/mol. The van der Waals surface area contributed by atoms with Crippen LogP contribution in [0.25, 0.3) is 0 Å². The van der Waals surface area contributed by atoms with Gasteiger partial charge in [-0.25, -0.2) is 0 Å². The van der Waals surface area contributed by atoms with Crippen LogP contribution in [-0.4, -0.2) is 41.8 Å². The summed E-state index contributed by atoms with van der Waals surface area (Å²) in [4.78, 5) is 51.2. The first kappa shape index (κ1) is 30.3. The second-order valence-electron chi connectivity index (χ2n) is 10.1. The van der Waals surface area contributed by atoms with Crippen molar-refractivity contribution in [1.29, 1.82) is 0 Å². The maximum Gasteiger partial charge on any atom is 0.257 e. The zero-order valence-electron chi connectivity index (χ0n) is 22.8. The van der Waals surface area contributed by atoms with Gasteiger partial charge in [0.2, 0.25) is 17.7 Å². The van der Waals surface area contributed by atoms with E-state index in [-0.39, 0.29) is 23.3 Å². The molecule has 2 aromatic carbocycles. The minimum Gasteiger partial charge on any atom is -0.343 e. The van der Waals surface area contributed by atoms with E-state index in [1.54, 1.807) is 39.8 Å². The summed E-state index contributed by atoms with van der Waals surface area (Å²) in [6.07, 6.45) is 0. The van der Waals surface area contributed by atoms with Crippen LogP contribution in [-0.2, 0) is 14.4 Å². The average molecular weight is 523 g/mol. The van der Waals surface area contributed by atoms with Crippen molar-refractivity contribution in [3.8, 4) is 0 Å². The number of nitrogens with zero attached hydrogens (tertiary/aromatic N) is 2. The number of azo groups is 1. The summed E-state index contributed by atoms with van der Waals surface area (Å²) in [5.41, 5.74) is 7.41. The Balaban J connectivity index is 2.05. The summed E-state index contributed by atoms with van der Waals surface area (Å²) in [5.74, 6) is -2.92. The lowest BCUT2D eigenvalue weighted by atomic mass is 9.98. The van der Waals surface area contributed by atoms with Crippen LogP contribution in [0.1, 0.15) is 51.9 Å². The molecule has 10 heteroatoms. The van der Waals surface area contributed by atoms with Crippen molar-refractivity contribution in [2.45, 2.75) is 59.7 Å². The molecule has 0 unspecified atom stereocenters. The summed E-state index contributed by atoms with van der Waals surface area (Å²) >= 11 is 0. The molecule has 0 aliphatic carbocycles. The lowest BCUT2D eigenvalue weighted by Gasteiger charge is -2.28. The second kappa shape index (κ2) is 14.1. The van der Waals surface area contributed by atoms with E-state index in [1.165, 1.54) is 12.1 Å². The van der Waals surface area contributed by atoms with E-state index in [1.807, 2.05) is 44.2 Å². The molecule has 0 heterocycles. The molecule has 0 saturated heterocycles. The Kier molecular flexibility index (Phi) is 11.3. The molecule has 0 aliphatic rings. The summed E-state index contributed by atoms with van der Waals surface area (Å²) in [7, 11) is 0. The quantitative estimate of drug-likeness (QED) is 0.332. The third-order valence-electron chi connectivity index (χ3n) is 5.92. The molecule has 0 fully saturated rings. The van der Waals surface area contributed by atoms with Crippen LogP contribution in [0.15, 0.2) is 64.8 Å². The van der Waals surface area contributed by atoms with E-state index in [0.29, 0.717) is 11.4 Å². The van der Waals surface area contributed by atoms with E-state index < -0.39 is 41.8 Å². The molecule has 0 aromatic heterocycles. The molecule has 204 valence electrons. The van der Waals surface area contributed by atoms with Crippen molar-refractivity contribution in [3.63, 3.8) is 0 Å². The number of carbonyl (C=O) groups excluding carboxylic acids is 4. The molecule has 3 atom stereocenters. The van der Waals surface area contributed by atoms with Crippen LogP contribution in [0, 0.1) is 17.8 Å². The average Bonchev–Trinajstić information content (AvgIpc) is 2.88. The Morgan fingerprint density at radius 1 is 0.632 bits per heavy atom. The lowest BCUT2D eigenvalue weighted by molar-refractivity contribution is -0.134. The zero-order valence-corrected chi connectivity index (χ0v) is 22.8. The Bertz CT molecular complexity index is 1130. The summed E-state index contributed by atoms with van der Waals surface area (Å²) in [6, 6.07) is 12.9. The third kappa shape index (κ3) is 8.88. The molecule has 0 radical (unpaired) electrons. The highest BCUT2D eigenvalue weighted by Crippen LogP contribution is 2.18. The SMILES string of the molecule is CC(C)[C@H](N)C(=O)N[C@H](C(=O)N[C@H](C(=O)NC(=O)c1ccc(N=Nc2ccccc2)cc1)C(C)C)C(C)C. The number of hydrogen-bond acceptors (Lipinski definition) is 7. The highest BCUT2D eigenvalue weighted by atomic mass is 16.2. The van der Waals surface area contributed by atoms with Gasteiger partial charge in [0.05, 0.1) is 17.4 Å². The van der Waals surface area contributed by atoms with E-state index in [2.05, 4.69) is 26.2 Å². The monoisotopic (exact) mass is 522 g/mol. The third-order valence-corrected chi connectivity index (χ3v) is 5.92.